The van der Waals surface area contributed by atoms with Crippen molar-refractivity contribution in [2.24, 2.45) is 0 Å². The molecule has 1 saturated heterocycles. The summed E-state index contributed by atoms with van der Waals surface area (Å²) in [6, 6.07) is 0.485. The molecule has 106 valence electrons. The van der Waals surface area contributed by atoms with Gasteiger partial charge in [-0.3, -0.25) is 9.69 Å². The standard InChI is InChI=1S/C12H25N3O3/c1-13-11(16)9-15-6-4-10(5-7-15)14-8-12(17-2)18-3/h10,12,14H,4-9H2,1-3H3,(H,13,16). The second kappa shape index (κ2) is 8.42. The Balaban J connectivity index is 2.17. The smallest absolute Gasteiger partial charge is 0.233 e. The van der Waals surface area contributed by atoms with Gasteiger partial charge in [-0.1, -0.05) is 0 Å². The number of carbonyl (C=O) groups excluding carboxylic acids is 1. The summed E-state index contributed by atoms with van der Waals surface area (Å²) in [6.07, 6.45) is 1.92. The highest BCUT2D eigenvalue weighted by molar-refractivity contribution is 5.77. The lowest BCUT2D eigenvalue weighted by atomic mass is 10.1. The molecule has 18 heavy (non-hydrogen) atoms. The SMILES string of the molecule is CNC(=O)CN1CCC(NCC(OC)OC)CC1. The monoisotopic (exact) mass is 259 g/mol. The normalized spacial score (nSPS) is 18.2. The summed E-state index contributed by atoms with van der Waals surface area (Å²) in [7, 11) is 4.95. The lowest BCUT2D eigenvalue weighted by molar-refractivity contribution is -0.122. The fourth-order valence-corrected chi connectivity index (χ4v) is 2.10. The number of ether oxygens (including phenoxy) is 2. The maximum Gasteiger partial charge on any atom is 0.233 e. The molecule has 1 aliphatic rings. The maximum atomic E-state index is 11.3. The highest BCUT2D eigenvalue weighted by Crippen LogP contribution is 2.10. The number of piperidine rings is 1. The summed E-state index contributed by atoms with van der Waals surface area (Å²) in [4.78, 5) is 13.4. The second-order valence-corrected chi connectivity index (χ2v) is 4.53. The van der Waals surface area contributed by atoms with Gasteiger partial charge in [0.15, 0.2) is 6.29 Å². The van der Waals surface area contributed by atoms with Gasteiger partial charge in [-0.05, 0) is 12.8 Å². The average molecular weight is 259 g/mol. The fourth-order valence-electron chi connectivity index (χ4n) is 2.10. The molecular weight excluding hydrogens is 234 g/mol. The van der Waals surface area contributed by atoms with E-state index >= 15 is 0 Å². The first-order valence-electron chi connectivity index (χ1n) is 6.41. The van der Waals surface area contributed by atoms with Gasteiger partial charge in [-0.2, -0.15) is 0 Å². The van der Waals surface area contributed by atoms with Gasteiger partial charge >= 0.3 is 0 Å². The van der Waals surface area contributed by atoms with Gasteiger partial charge in [0.05, 0.1) is 6.54 Å². The Labute approximate surface area is 109 Å². The Morgan fingerprint density at radius 3 is 2.44 bits per heavy atom. The van der Waals surface area contributed by atoms with E-state index < -0.39 is 0 Å². The molecule has 6 heteroatoms. The summed E-state index contributed by atoms with van der Waals surface area (Å²) in [5.41, 5.74) is 0. The van der Waals surface area contributed by atoms with Crippen molar-refractivity contribution in [1.82, 2.24) is 15.5 Å². The number of amides is 1. The number of nitrogens with one attached hydrogen (secondary N) is 2. The van der Waals surface area contributed by atoms with E-state index in [1.807, 2.05) is 0 Å². The molecule has 1 aliphatic heterocycles. The van der Waals surface area contributed by atoms with E-state index in [9.17, 15) is 4.79 Å². The third-order valence-electron chi connectivity index (χ3n) is 3.33. The Morgan fingerprint density at radius 2 is 1.94 bits per heavy atom. The Kier molecular flexibility index (Phi) is 7.19. The summed E-state index contributed by atoms with van der Waals surface area (Å²) >= 11 is 0. The van der Waals surface area contributed by atoms with Crippen LogP contribution in [0.25, 0.3) is 0 Å². The minimum Gasteiger partial charge on any atom is -0.358 e. The topological polar surface area (TPSA) is 62.8 Å². The van der Waals surface area contributed by atoms with Crippen LogP contribution in [0.2, 0.25) is 0 Å². The van der Waals surface area contributed by atoms with Crippen molar-refractivity contribution < 1.29 is 14.3 Å². The molecule has 2 N–H and O–H groups in total. The molecule has 0 bridgehead atoms. The largest absolute Gasteiger partial charge is 0.358 e. The molecule has 1 rings (SSSR count). The van der Waals surface area contributed by atoms with Crippen LogP contribution in [0.5, 0.6) is 0 Å². The molecule has 1 amide bonds. The third kappa shape index (κ3) is 5.30. The van der Waals surface area contributed by atoms with Gasteiger partial charge in [0.2, 0.25) is 5.91 Å². The highest BCUT2D eigenvalue weighted by atomic mass is 16.7. The molecule has 1 fully saturated rings. The minimum atomic E-state index is -0.186. The lowest BCUT2D eigenvalue weighted by Gasteiger charge is -2.32. The van der Waals surface area contributed by atoms with Crippen LogP contribution in [0.4, 0.5) is 0 Å². The van der Waals surface area contributed by atoms with Crippen molar-refractivity contribution in [3.63, 3.8) is 0 Å². The van der Waals surface area contributed by atoms with Gasteiger partial charge in [0.1, 0.15) is 0 Å². The molecule has 0 aliphatic carbocycles. The van der Waals surface area contributed by atoms with Gasteiger partial charge in [-0.15, -0.1) is 0 Å². The zero-order valence-electron chi connectivity index (χ0n) is 11.6. The van der Waals surface area contributed by atoms with Gasteiger partial charge < -0.3 is 20.1 Å². The van der Waals surface area contributed by atoms with Crippen molar-refractivity contribution >= 4 is 5.91 Å². The van der Waals surface area contributed by atoms with Crippen LogP contribution >= 0.6 is 0 Å². The number of methoxy groups -OCH3 is 2. The summed E-state index contributed by atoms with van der Waals surface area (Å²) in [6.45, 7) is 3.11. The van der Waals surface area contributed by atoms with E-state index in [1.165, 1.54) is 0 Å². The predicted molar refractivity (Wildman–Crippen MR) is 69.3 cm³/mol. The number of hydrogen-bond donors (Lipinski definition) is 2. The summed E-state index contributed by atoms with van der Waals surface area (Å²) in [5, 5.41) is 6.08. The van der Waals surface area contributed by atoms with Crippen LogP contribution in [0.1, 0.15) is 12.8 Å². The summed E-state index contributed by atoms with van der Waals surface area (Å²) in [5.74, 6) is 0.0836. The summed E-state index contributed by atoms with van der Waals surface area (Å²) < 4.78 is 10.3. The number of likely N-dealkylation sites (N-methyl/N-ethyl adjacent to an activating group) is 1. The first-order valence-corrected chi connectivity index (χ1v) is 6.41. The number of hydrogen-bond acceptors (Lipinski definition) is 5. The van der Waals surface area contributed by atoms with E-state index in [2.05, 4.69) is 15.5 Å². The molecule has 0 aromatic carbocycles. The molecule has 0 aromatic rings. The zero-order chi connectivity index (χ0) is 13.4. The zero-order valence-corrected chi connectivity index (χ0v) is 11.6. The third-order valence-corrected chi connectivity index (χ3v) is 3.33. The van der Waals surface area contributed by atoms with E-state index in [4.69, 9.17) is 9.47 Å². The molecule has 6 nitrogen and oxygen atoms in total. The van der Waals surface area contributed by atoms with Crippen molar-refractivity contribution in [2.45, 2.75) is 25.2 Å². The van der Waals surface area contributed by atoms with Crippen molar-refractivity contribution in [1.29, 1.82) is 0 Å². The number of carbonyl (C=O) groups is 1. The number of likely N-dealkylation sites (tertiary alicyclic amines) is 1. The first-order chi connectivity index (χ1) is 8.69. The van der Waals surface area contributed by atoms with E-state index in [0.717, 1.165) is 25.9 Å². The van der Waals surface area contributed by atoms with Crippen LogP contribution in [-0.4, -0.2) is 70.6 Å². The maximum absolute atomic E-state index is 11.3. The van der Waals surface area contributed by atoms with E-state index in [0.29, 0.717) is 19.1 Å². The van der Waals surface area contributed by atoms with Crippen LogP contribution in [0.3, 0.4) is 0 Å². The molecular formula is C12H25N3O3. The van der Waals surface area contributed by atoms with Crippen molar-refractivity contribution in [3.05, 3.63) is 0 Å². The molecule has 1 heterocycles. The van der Waals surface area contributed by atoms with Gasteiger partial charge in [-0.25, -0.2) is 0 Å². The Hall–Kier alpha value is -0.690. The van der Waals surface area contributed by atoms with Crippen LogP contribution in [0.15, 0.2) is 0 Å². The van der Waals surface area contributed by atoms with Crippen LogP contribution in [0, 0.1) is 0 Å². The van der Waals surface area contributed by atoms with Gasteiger partial charge in [0, 0.05) is 46.9 Å². The molecule has 0 radical (unpaired) electrons. The quantitative estimate of drug-likeness (QED) is 0.598. The lowest BCUT2D eigenvalue weighted by Crippen LogP contribution is -2.47. The molecule has 0 spiro atoms. The Morgan fingerprint density at radius 1 is 1.33 bits per heavy atom. The molecule has 0 aromatic heterocycles. The molecule has 0 atom stereocenters. The van der Waals surface area contributed by atoms with Gasteiger partial charge in [0.25, 0.3) is 0 Å². The van der Waals surface area contributed by atoms with Crippen LogP contribution in [-0.2, 0) is 14.3 Å². The second-order valence-electron chi connectivity index (χ2n) is 4.53. The van der Waals surface area contributed by atoms with E-state index in [1.54, 1.807) is 21.3 Å². The number of nitrogens with zero attached hydrogens (tertiary/aromatic N) is 1. The molecule has 0 unspecified atom stereocenters. The minimum absolute atomic E-state index is 0.0836. The Bertz CT molecular complexity index is 239. The van der Waals surface area contributed by atoms with Crippen molar-refractivity contribution in [3.8, 4) is 0 Å². The predicted octanol–water partition coefficient (Wildman–Crippen LogP) is -0.595. The van der Waals surface area contributed by atoms with E-state index in [-0.39, 0.29) is 12.2 Å². The van der Waals surface area contributed by atoms with Crippen molar-refractivity contribution in [2.75, 3.05) is 47.4 Å². The average Bonchev–Trinajstić information content (AvgIpc) is 2.41. The fraction of sp³-hybridized carbons (Fsp3) is 0.917. The highest BCUT2D eigenvalue weighted by Gasteiger charge is 2.20. The number of rotatable bonds is 7. The first kappa shape index (κ1) is 15.4. The van der Waals surface area contributed by atoms with Crippen LogP contribution < -0.4 is 10.6 Å². The molecule has 0 saturated carbocycles.